The molecule has 0 aromatic heterocycles. The minimum atomic E-state index is -4.18. The van der Waals surface area contributed by atoms with Gasteiger partial charge in [-0.2, -0.15) is 13.2 Å². The zero-order valence-corrected chi connectivity index (χ0v) is 11.0. The molecule has 0 aromatic carbocycles. The summed E-state index contributed by atoms with van der Waals surface area (Å²) in [6.45, 7) is 3.15. The van der Waals surface area contributed by atoms with E-state index < -0.39 is 18.8 Å². The van der Waals surface area contributed by atoms with Crippen LogP contribution in [0.4, 0.5) is 13.2 Å². The maximum Gasteiger partial charge on any atom is 0.401 e. The molecule has 0 spiro atoms. The third-order valence-corrected chi connectivity index (χ3v) is 4.16. The van der Waals surface area contributed by atoms with E-state index in [2.05, 4.69) is 6.92 Å². The number of hydrogen-bond acceptors (Lipinski definition) is 2. The van der Waals surface area contributed by atoms with Crippen molar-refractivity contribution in [1.29, 1.82) is 0 Å². The van der Waals surface area contributed by atoms with E-state index in [1.54, 1.807) is 0 Å². The lowest BCUT2D eigenvalue weighted by molar-refractivity contribution is -0.164. The third-order valence-electron chi connectivity index (χ3n) is 4.16. The summed E-state index contributed by atoms with van der Waals surface area (Å²) >= 11 is 0. The summed E-state index contributed by atoms with van der Waals surface area (Å²) in [4.78, 5) is 1.52. The molecule has 2 saturated carbocycles. The van der Waals surface area contributed by atoms with Crippen LogP contribution in [0.1, 0.15) is 39.5 Å². The predicted octanol–water partition coefficient (Wildman–Crippen LogP) is 2.81. The lowest BCUT2D eigenvalue weighted by atomic mass is 9.77. The molecular formula is C13H22F3NO. The highest BCUT2D eigenvalue weighted by Crippen LogP contribution is 2.39. The normalized spacial score (nSPS) is 38.2. The van der Waals surface area contributed by atoms with Crippen molar-refractivity contribution in [3.63, 3.8) is 0 Å². The molecule has 0 aromatic rings. The van der Waals surface area contributed by atoms with E-state index in [1.807, 2.05) is 6.92 Å². The first-order valence-corrected chi connectivity index (χ1v) is 6.78. The fourth-order valence-electron chi connectivity index (χ4n) is 3.44. The summed E-state index contributed by atoms with van der Waals surface area (Å²) < 4.78 is 38.0. The number of nitrogens with zero attached hydrogens (tertiary/aromatic N) is 1. The Balaban J connectivity index is 2.09. The molecule has 1 N–H and O–H groups in total. The molecule has 0 radical (unpaired) electrons. The van der Waals surface area contributed by atoms with Crippen molar-refractivity contribution in [2.75, 3.05) is 6.54 Å². The third kappa shape index (κ3) is 3.38. The second-order valence-electron chi connectivity index (χ2n) is 6.13. The Kier molecular flexibility index (Phi) is 3.93. The van der Waals surface area contributed by atoms with Crippen LogP contribution in [0.25, 0.3) is 0 Å². The molecule has 2 fully saturated rings. The van der Waals surface area contributed by atoms with Gasteiger partial charge in [-0.1, -0.05) is 13.8 Å². The molecule has 2 nitrogen and oxygen atoms in total. The van der Waals surface area contributed by atoms with E-state index >= 15 is 0 Å². The van der Waals surface area contributed by atoms with Gasteiger partial charge in [0.05, 0.1) is 12.6 Å². The van der Waals surface area contributed by atoms with E-state index in [-0.39, 0.29) is 18.0 Å². The van der Waals surface area contributed by atoms with Gasteiger partial charge in [-0.3, -0.25) is 4.90 Å². The molecule has 4 atom stereocenters. The van der Waals surface area contributed by atoms with Gasteiger partial charge < -0.3 is 5.11 Å². The van der Waals surface area contributed by atoms with Crippen LogP contribution in [-0.4, -0.2) is 40.9 Å². The van der Waals surface area contributed by atoms with Gasteiger partial charge in [-0.05, 0) is 37.5 Å². The van der Waals surface area contributed by atoms with Gasteiger partial charge in [0, 0.05) is 12.1 Å². The van der Waals surface area contributed by atoms with Crippen LogP contribution in [0.2, 0.25) is 0 Å². The standard InChI is InChI=1S/C13H22F3NO/c1-8-5-9(2)12(11(18)6-8)17(10-3-4-10)7-13(14,15)16/h8-12,18H,3-7H2,1-2H3. The predicted molar refractivity (Wildman–Crippen MR) is 63.1 cm³/mol. The molecule has 5 heteroatoms. The van der Waals surface area contributed by atoms with Gasteiger partial charge in [0.25, 0.3) is 0 Å². The van der Waals surface area contributed by atoms with Crippen LogP contribution in [-0.2, 0) is 0 Å². The summed E-state index contributed by atoms with van der Waals surface area (Å²) in [5, 5.41) is 10.1. The first kappa shape index (κ1) is 14.1. The van der Waals surface area contributed by atoms with Crippen LogP contribution >= 0.6 is 0 Å². The molecule has 0 aliphatic heterocycles. The lowest BCUT2D eigenvalue weighted by Gasteiger charge is -2.44. The highest BCUT2D eigenvalue weighted by Gasteiger charge is 2.46. The second-order valence-corrected chi connectivity index (χ2v) is 6.13. The molecule has 2 aliphatic rings. The quantitative estimate of drug-likeness (QED) is 0.848. The lowest BCUT2D eigenvalue weighted by Crippen LogP contribution is -2.54. The van der Waals surface area contributed by atoms with Crippen LogP contribution < -0.4 is 0 Å². The van der Waals surface area contributed by atoms with E-state index in [0.717, 1.165) is 19.3 Å². The Morgan fingerprint density at radius 2 is 1.78 bits per heavy atom. The van der Waals surface area contributed by atoms with Crippen LogP contribution in [0.15, 0.2) is 0 Å². The van der Waals surface area contributed by atoms with Crippen molar-refractivity contribution >= 4 is 0 Å². The monoisotopic (exact) mass is 265 g/mol. The second kappa shape index (κ2) is 5.00. The van der Waals surface area contributed by atoms with Crippen molar-refractivity contribution in [2.24, 2.45) is 11.8 Å². The van der Waals surface area contributed by atoms with Crippen molar-refractivity contribution in [3.05, 3.63) is 0 Å². The van der Waals surface area contributed by atoms with Crippen LogP contribution in [0.3, 0.4) is 0 Å². The molecule has 0 bridgehead atoms. The maximum absolute atomic E-state index is 12.7. The van der Waals surface area contributed by atoms with Gasteiger partial charge in [0.1, 0.15) is 0 Å². The summed E-state index contributed by atoms with van der Waals surface area (Å²) in [6.07, 6.45) is -1.60. The fourth-order valence-corrected chi connectivity index (χ4v) is 3.44. The van der Waals surface area contributed by atoms with Gasteiger partial charge >= 0.3 is 6.18 Å². The van der Waals surface area contributed by atoms with E-state index in [1.165, 1.54) is 4.90 Å². The SMILES string of the molecule is CC1CC(C)C(N(CC(F)(F)F)C2CC2)C(O)C1. The maximum atomic E-state index is 12.7. The minimum Gasteiger partial charge on any atom is -0.391 e. The highest BCUT2D eigenvalue weighted by molar-refractivity contribution is 4.97. The summed E-state index contributed by atoms with van der Waals surface area (Å²) in [5.74, 6) is 0.532. The van der Waals surface area contributed by atoms with E-state index in [4.69, 9.17) is 0 Å². The first-order chi connectivity index (χ1) is 8.28. The van der Waals surface area contributed by atoms with E-state index in [0.29, 0.717) is 12.3 Å². The molecule has 2 aliphatic carbocycles. The fraction of sp³-hybridized carbons (Fsp3) is 1.00. The Morgan fingerprint density at radius 3 is 2.22 bits per heavy atom. The van der Waals surface area contributed by atoms with Crippen LogP contribution in [0, 0.1) is 11.8 Å². The summed E-state index contributed by atoms with van der Waals surface area (Å²) in [7, 11) is 0. The average Bonchev–Trinajstić information content (AvgIpc) is 2.94. The molecule has 2 rings (SSSR count). The minimum absolute atomic E-state index is 0.0298. The number of alkyl halides is 3. The van der Waals surface area contributed by atoms with Gasteiger partial charge in [0.2, 0.25) is 0 Å². The van der Waals surface area contributed by atoms with Gasteiger partial charge in [-0.15, -0.1) is 0 Å². The van der Waals surface area contributed by atoms with Crippen LogP contribution in [0.5, 0.6) is 0 Å². The number of hydrogen-bond donors (Lipinski definition) is 1. The van der Waals surface area contributed by atoms with Gasteiger partial charge in [-0.25, -0.2) is 0 Å². The zero-order valence-electron chi connectivity index (χ0n) is 11.0. The zero-order chi connectivity index (χ0) is 13.5. The molecule has 18 heavy (non-hydrogen) atoms. The van der Waals surface area contributed by atoms with Crippen molar-refractivity contribution < 1.29 is 18.3 Å². The smallest absolute Gasteiger partial charge is 0.391 e. The van der Waals surface area contributed by atoms with Crippen molar-refractivity contribution in [2.45, 2.75) is 63.9 Å². The molecule has 0 heterocycles. The Labute approximate surface area is 106 Å². The summed E-state index contributed by atoms with van der Waals surface area (Å²) in [6, 6.07) is -0.294. The Morgan fingerprint density at radius 1 is 1.17 bits per heavy atom. The first-order valence-electron chi connectivity index (χ1n) is 6.78. The van der Waals surface area contributed by atoms with Gasteiger partial charge in [0.15, 0.2) is 0 Å². The average molecular weight is 265 g/mol. The Hall–Kier alpha value is -0.290. The highest BCUT2D eigenvalue weighted by atomic mass is 19.4. The topological polar surface area (TPSA) is 23.5 Å². The van der Waals surface area contributed by atoms with Crippen molar-refractivity contribution in [3.8, 4) is 0 Å². The largest absolute Gasteiger partial charge is 0.401 e. The molecule has 0 amide bonds. The number of halogens is 3. The molecule has 0 saturated heterocycles. The molecular weight excluding hydrogens is 243 g/mol. The van der Waals surface area contributed by atoms with Crippen molar-refractivity contribution in [1.82, 2.24) is 4.90 Å². The Bertz CT molecular complexity index is 278. The number of rotatable bonds is 3. The number of aliphatic hydroxyl groups excluding tert-OH is 1. The van der Waals surface area contributed by atoms with E-state index in [9.17, 15) is 18.3 Å². The molecule has 4 unspecified atom stereocenters. The summed E-state index contributed by atoms with van der Waals surface area (Å²) in [5.41, 5.74) is 0. The molecule has 106 valence electrons. The number of aliphatic hydroxyl groups is 1.